The average molecular weight is 293 g/mol. The summed E-state index contributed by atoms with van der Waals surface area (Å²) in [4.78, 5) is 22.9. The first-order valence-corrected chi connectivity index (χ1v) is 5.75. The molecule has 0 saturated heterocycles. The molecule has 0 saturated carbocycles. The maximum atomic E-state index is 11.5. The normalized spacial score (nSPS) is 8.48. The van der Waals surface area contributed by atoms with Gasteiger partial charge in [0.2, 0.25) is 5.75 Å². The van der Waals surface area contributed by atoms with E-state index in [1.807, 2.05) is 0 Å². The number of aromatic hydroxyl groups is 1. The summed E-state index contributed by atoms with van der Waals surface area (Å²) < 4.78 is 10.2. The molecule has 0 atom stereocenters. The van der Waals surface area contributed by atoms with Gasteiger partial charge in [-0.2, -0.15) is 0 Å². The molecule has 8 nitrogen and oxygen atoms in total. The first kappa shape index (κ1) is 18.0. The minimum Gasteiger partial charge on any atom is -0.504 e. The van der Waals surface area contributed by atoms with Gasteiger partial charge in [0.1, 0.15) is 6.29 Å². The highest BCUT2D eigenvalue weighted by molar-refractivity contribution is 5.98. The van der Waals surface area contributed by atoms with Gasteiger partial charge in [-0.15, -0.1) is 0 Å². The lowest BCUT2D eigenvalue weighted by molar-refractivity contribution is -0.104. The van der Waals surface area contributed by atoms with E-state index in [4.69, 9.17) is 19.8 Å². The van der Waals surface area contributed by atoms with Crippen LogP contribution >= 0.6 is 0 Å². The highest BCUT2D eigenvalue weighted by Crippen LogP contribution is 2.39. The van der Waals surface area contributed by atoms with Crippen molar-refractivity contribution in [3.05, 3.63) is 40.8 Å². The van der Waals surface area contributed by atoms with Gasteiger partial charge < -0.3 is 14.6 Å². The Balaban J connectivity index is 0.000000885. The van der Waals surface area contributed by atoms with Crippen molar-refractivity contribution in [2.45, 2.75) is 6.92 Å². The van der Waals surface area contributed by atoms with E-state index >= 15 is 0 Å². The number of rotatable bonds is 5. The Hall–Kier alpha value is -2.99. The molecule has 0 heterocycles. The number of methoxy groups -OCH3 is 1. The largest absolute Gasteiger partial charge is 0.504 e. The summed E-state index contributed by atoms with van der Waals surface area (Å²) >= 11 is 0. The van der Waals surface area contributed by atoms with Crippen molar-refractivity contribution in [1.29, 1.82) is 0 Å². The van der Waals surface area contributed by atoms with Crippen molar-refractivity contribution in [1.82, 2.24) is 0 Å². The fraction of sp³-hybridized carbons (Fsp3) is 0.231. The summed E-state index contributed by atoms with van der Waals surface area (Å²) in [6, 6.07) is 2.57. The van der Waals surface area contributed by atoms with Crippen LogP contribution in [0.4, 0.5) is 0 Å². The van der Waals surface area contributed by atoms with E-state index in [0.717, 1.165) is 0 Å². The predicted molar refractivity (Wildman–Crippen MR) is 75.6 cm³/mol. The molecule has 0 unspecified atom stereocenters. The summed E-state index contributed by atoms with van der Waals surface area (Å²) in [5, 5.41) is 12.5. The Morgan fingerprint density at radius 2 is 2.14 bits per heavy atom. The first-order valence-electron chi connectivity index (χ1n) is 5.75. The summed E-state index contributed by atoms with van der Waals surface area (Å²) in [5.74, 6) is -0.857. The van der Waals surface area contributed by atoms with E-state index in [9.17, 15) is 9.90 Å². The molecule has 8 heteroatoms. The molecule has 0 radical (unpaired) electrons. The van der Waals surface area contributed by atoms with Crippen molar-refractivity contribution in [3.8, 4) is 17.2 Å². The van der Waals surface area contributed by atoms with E-state index < -0.39 is 5.91 Å². The zero-order valence-electron chi connectivity index (χ0n) is 11.6. The lowest BCUT2D eigenvalue weighted by atomic mass is 10.1. The summed E-state index contributed by atoms with van der Waals surface area (Å²) in [6.45, 7) is 5.13. The van der Waals surface area contributed by atoms with Crippen LogP contribution in [-0.4, -0.2) is 31.0 Å². The van der Waals surface area contributed by atoms with Crippen molar-refractivity contribution in [2.75, 3.05) is 13.7 Å². The molecular formula is C13H15N3O5. The second kappa shape index (κ2) is 9.88. The maximum Gasteiger partial charge on any atom is 0.253 e. The summed E-state index contributed by atoms with van der Waals surface area (Å²) in [5.41, 5.74) is 8.24. The Bertz CT molecular complexity index is 559. The molecule has 1 rings (SSSR count). The van der Waals surface area contributed by atoms with Gasteiger partial charge in [0.15, 0.2) is 11.5 Å². The molecule has 0 fully saturated rings. The third kappa shape index (κ3) is 5.25. The van der Waals surface area contributed by atoms with Crippen molar-refractivity contribution < 1.29 is 24.2 Å². The van der Waals surface area contributed by atoms with Crippen LogP contribution in [0.1, 0.15) is 17.3 Å². The SMILES string of the molecule is C=CC=O.CCOc1c(O)ccc(C(=O)N=[N+]=[N-])c1OC. The molecule has 0 aliphatic heterocycles. The van der Waals surface area contributed by atoms with Crippen molar-refractivity contribution >= 4 is 12.2 Å². The van der Waals surface area contributed by atoms with Crippen LogP contribution < -0.4 is 9.47 Å². The van der Waals surface area contributed by atoms with E-state index in [1.54, 1.807) is 6.92 Å². The summed E-state index contributed by atoms with van der Waals surface area (Å²) in [6.07, 6.45) is 1.83. The minimum absolute atomic E-state index is 0.0338. The topological polar surface area (TPSA) is 122 Å². The zero-order chi connectivity index (χ0) is 16.3. The maximum absolute atomic E-state index is 11.5. The molecule has 0 aliphatic carbocycles. The van der Waals surface area contributed by atoms with Gasteiger partial charge in [-0.05, 0) is 35.8 Å². The number of aldehydes is 1. The lowest BCUT2D eigenvalue weighted by Crippen LogP contribution is -2.02. The molecule has 1 amide bonds. The van der Waals surface area contributed by atoms with Gasteiger partial charge in [-0.1, -0.05) is 6.58 Å². The second-order valence-corrected chi connectivity index (χ2v) is 3.29. The molecule has 1 N–H and O–H groups in total. The summed E-state index contributed by atoms with van der Waals surface area (Å²) in [7, 11) is 1.32. The van der Waals surface area contributed by atoms with Crippen LogP contribution in [0.15, 0.2) is 29.9 Å². The molecule has 21 heavy (non-hydrogen) atoms. The number of benzene rings is 1. The zero-order valence-corrected chi connectivity index (χ0v) is 11.6. The standard InChI is InChI=1S/C10H11N3O4.C3H4O/c1-3-17-9-7(14)5-4-6(8(9)16-2)10(15)12-13-11;1-2-3-4/h4-5,14H,3H2,1-2H3;2-3H,1H2. The highest BCUT2D eigenvalue weighted by Gasteiger charge is 2.19. The number of hydrogen-bond donors (Lipinski definition) is 1. The average Bonchev–Trinajstić information content (AvgIpc) is 2.49. The van der Waals surface area contributed by atoms with Crippen LogP contribution in [0.3, 0.4) is 0 Å². The number of amides is 1. The van der Waals surface area contributed by atoms with Gasteiger partial charge in [0.25, 0.3) is 5.91 Å². The molecule has 0 bridgehead atoms. The van der Waals surface area contributed by atoms with Crippen molar-refractivity contribution in [2.24, 2.45) is 5.11 Å². The number of carbonyl (C=O) groups excluding carboxylic acids is 2. The fourth-order valence-electron chi connectivity index (χ4n) is 1.30. The Labute approximate surface area is 121 Å². The molecule has 112 valence electrons. The van der Waals surface area contributed by atoms with E-state index in [2.05, 4.69) is 16.6 Å². The third-order valence-corrected chi connectivity index (χ3v) is 2.05. The highest BCUT2D eigenvalue weighted by atomic mass is 16.5. The van der Waals surface area contributed by atoms with Crippen LogP contribution in [-0.2, 0) is 4.79 Å². The number of phenolic OH excluding ortho intramolecular Hbond substituents is 1. The lowest BCUT2D eigenvalue weighted by Gasteiger charge is -2.13. The van der Waals surface area contributed by atoms with Crippen LogP contribution in [0.2, 0.25) is 0 Å². The Morgan fingerprint density at radius 1 is 1.52 bits per heavy atom. The quantitative estimate of drug-likeness (QED) is 0.294. The van der Waals surface area contributed by atoms with Crippen LogP contribution in [0, 0.1) is 0 Å². The Kier molecular flexibility index (Phi) is 8.47. The molecule has 1 aromatic carbocycles. The first-order chi connectivity index (χ1) is 10.1. The number of hydrogen-bond acceptors (Lipinski definition) is 5. The van der Waals surface area contributed by atoms with Crippen molar-refractivity contribution in [3.63, 3.8) is 0 Å². The Morgan fingerprint density at radius 3 is 2.57 bits per heavy atom. The number of ether oxygens (including phenoxy) is 2. The van der Waals surface area contributed by atoms with Gasteiger partial charge in [-0.25, -0.2) is 0 Å². The minimum atomic E-state index is -0.801. The predicted octanol–water partition coefficient (Wildman–Crippen LogP) is 2.62. The van der Waals surface area contributed by atoms with Gasteiger partial charge in [0, 0.05) is 4.91 Å². The molecule has 0 aromatic heterocycles. The number of azide groups is 1. The monoisotopic (exact) mass is 293 g/mol. The number of allylic oxidation sites excluding steroid dienone is 1. The molecule has 1 aromatic rings. The van der Waals surface area contributed by atoms with Crippen LogP contribution in [0.25, 0.3) is 10.4 Å². The van der Waals surface area contributed by atoms with Gasteiger partial charge in [-0.3, -0.25) is 9.59 Å². The number of carbonyl (C=O) groups is 2. The smallest absolute Gasteiger partial charge is 0.253 e. The molecule has 0 spiro atoms. The molecular weight excluding hydrogens is 278 g/mol. The van der Waals surface area contributed by atoms with E-state index in [-0.39, 0.29) is 22.8 Å². The molecule has 0 aliphatic rings. The number of nitrogens with zero attached hydrogens (tertiary/aromatic N) is 3. The number of phenols is 1. The second-order valence-electron chi connectivity index (χ2n) is 3.29. The van der Waals surface area contributed by atoms with E-state index in [1.165, 1.54) is 25.3 Å². The van der Waals surface area contributed by atoms with Gasteiger partial charge >= 0.3 is 0 Å². The third-order valence-electron chi connectivity index (χ3n) is 2.05. The van der Waals surface area contributed by atoms with Crippen LogP contribution in [0.5, 0.6) is 17.2 Å². The van der Waals surface area contributed by atoms with E-state index in [0.29, 0.717) is 12.9 Å². The van der Waals surface area contributed by atoms with Gasteiger partial charge in [0.05, 0.1) is 19.3 Å². The fourth-order valence-corrected chi connectivity index (χ4v) is 1.30.